The van der Waals surface area contributed by atoms with Crippen molar-refractivity contribution >= 4 is 38.8 Å². The summed E-state index contributed by atoms with van der Waals surface area (Å²) in [6.45, 7) is 0. The molecule has 0 fully saturated rings. The summed E-state index contributed by atoms with van der Waals surface area (Å²) in [6, 6.07) is 41.2. The first kappa shape index (κ1) is 25.4. The Kier molecular flexibility index (Phi) is 5.70. The van der Waals surface area contributed by atoms with Gasteiger partial charge in [-0.3, -0.25) is 0 Å². The van der Waals surface area contributed by atoms with E-state index in [1.165, 1.54) is 5.56 Å². The SMILES string of the molecule is N#Cc1ccc(-c2ccc(-n3c4c(c5cc(C#N)ccc53)CCC=C4)cc2)c(-n2c3ccccc3c3cc(C#N)ccc32)c1. The lowest BCUT2D eigenvalue weighted by Gasteiger charge is -2.16. The van der Waals surface area contributed by atoms with Crippen LogP contribution in [0.1, 0.15) is 34.4 Å². The van der Waals surface area contributed by atoms with Crippen LogP contribution in [-0.4, -0.2) is 9.13 Å². The Morgan fingerprint density at radius 2 is 1.20 bits per heavy atom. The molecule has 5 aromatic carbocycles. The van der Waals surface area contributed by atoms with Gasteiger partial charge in [0, 0.05) is 33.1 Å². The van der Waals surface area contributed by atoms with Gasteiger partial charge >= 0.3 is 0 Å². The topological polar surface area (TPSA) is 81.2 Å². The summed E-state index contributed by atoms with van der Waals surface area (Å²) >= 11 is 0. The van der Waals surface area contributed by atoms with E-state index in [9.17, 15) is 15.8 Å². The summed E-state index contributed by atoms with van der Waals surface area (Å²) < 4.78 is 4.48. The van der Waals surface area contributed by atoms with E-state index in [1.807, 2.05) is 66.7 Å². The van der Waals surface area contributed by atoms with Crippen LogP contribution in [0.15, 0.2) is 109 Å². The summed E-state index contributed by atoms with van der Waals surface area (Å²) in [5.74, 6) is 0. The molecule has 8 rings (SSSR count). The molecule has 0 aliphatic heterocycles. The van der Waals surface area contributed by atoms with E-state index in [0.717, 1.165) is 73.7 Å². The number of aryl methyl sites for hydroxylation is 1. The number of rotatable bonds is 3. The Morgan fingerprint density at radius 1 is 0.568 bits per heavy atom. The van der Waals surface area contributed by atoms with Crippen LogP contribution in [0.2, 0.25) is 0 Å². The summed E-state index contributed by atoms with van der Waals surface area (Å²) in [5.41, 5.74) is 11.4. The fourth-order valence-corrected chi connectivity index (χ4v) is 6.71. The summed E-state index contributed by atoms with van der Waals surface area (Å²) in [7, 11) is 0. The molecule has 1 aliphatic rings. The molecular weight excluding hydrogens is 538 g/mol. The quantitative estimate of drug-likeness (QED) is 0.216. The molecule has 44 heavy (non-hydrogen) atoms. The largest absolute Gasteiger partial charge is 0.310 e. The minimum atomic E-state index is 0.578. The third-order valence-electron chi connectivity index (χ3n) is 8.68. The number of nitrogens with zero attached hydrogens (tertiary/aromatic N) is 5. The molecule has 5 nitrogen and oxygen atoms in total. The van der Waals surface area contributed by atoms with Gasteiger partial charge in [0.25, 0.3) is 0 Å². The van der Waals surface area contributed by atoms with E-state index in [4.69, 9.17) is 0 Å². The van der Waals surface area contributed by atoms with Gasteiger partial charge in [0.15, 0.2) is 0 Å². The van der Waals surface area contributed by atoms with Crippen LogP contribution in [0.3, 0.4) is 0 Å². The number of hydrogen-bond donors (Lipinski definition) is 0. The van der Waals surface area contributed by atoms with Gasteiger partial charge in [0.1, 0.15) is 0 Å². The Balaban J connectivity index is 1.32. The molecule has 0 unspecified atom stereocenters. The van der Waals surface area contributed by atoms with Crippen LogP contribution < -0.4 is 0 Å². The standard InChI is InChI=1S/C39H23N5/c40-22-25-10-17-37-33(19-25)31-5-1-3-7-35(31)43(37)29-14-12-28(13-15-29)30-16-9-27(24-42)21-39(30)44-36-8-4-2-6-32(36)34-20-26(23-41)11-18-38(34)44/h2-4,6-21H,1,5H2. The Labute approximate surface area is 254 Å². The first-order valence-electron chi connectivity index (χ1n) is 14.5. The second kappa shape index (κ2) is 9.88. The molecule has 204 valence electrons. The van der Waals surface area contributed by atoms with E-state index < -0.39 is 0 Å². The number of aromatic nitrogens is 2. The Morgan fingerprint density at radius 3 is 1.95 bits per heavy atom. The molecule has 0 saturated heterocycles. The zero-order valence-electron chi connectivity index (χ0n) is 23.6. The lowest BCUT2D eigenvalue weighted by Crippen LogP contribution is -2.01. The summed E-state index contributed by atoms with van der Waals surface area (Å²) in [4.78, 5) is 0. The van der Waals surface area contributed by atoms with Crippen LogP contribution in [0.25, 0.3) is 61.3 Å². The zero-order chi connectivity index (χ0) is 29.8. The molecule has 0 atom stereocenters. The molecule has 1 aliphatic carbocycles. The molecule has 0 saturated carbocycles. The number of fused-ring (bicyclic) bond motifs is 6. The van der Waals surface area contributed by atoms with E-state index in [2.05, 4.69) is 75.9 Å². The van der Waals surface area contributed by atoms with Gasteiger partial charge in [0.2, 0.25) is 0 Å². The highest BCUT2D eigenvalue weighted by Crippen LogP contribution is 2.38. The Hall–Kier alpha value is -6.35. The van der Waals surface area contributed by atoms with Crippen LogP contribution in [0.5, 0.6) is 0 Å². The number of para-hydroxylation sites is 1. The maximum absolute atomic E-state index is 9.85. The van der Waals surface area contributed by atoms with Crippen molar-refractivity contribution in [3.8, 4) is 40.7 Å². The molecule has 0 radical (unpaired) electrons. The van der Waals surface area contributed by atoms with Crippen LogP contribution >= 0.6 is 0 Å². The van der Waals surface area contributed by atoms with Gasteiger partial charge < -0.3 is 9.13 Å². The molecule has 2 heterocycles. The molecule has 5 heteroatoms. The monoisotopic (exact) mass is 561 g/mol. The predicted octanol–water partition coefficient (Wildman–Crippen LogP) is 8.97. The molecule has 0 bridgehead atoms. The normalized spacial score (nSPS) is 12.2. The molecular formula is C39H23N5. The van der Waals surface area contributed by atoms with Crippen molar-refractivity contribution in [1.29, 1.82) is 15.8 Å². The van der Waals surface area contributed by atoms with Gasteiger partial charge in [-0.1, -0.05) is 42.5 Å². The third-order valence-corrected chi connectivity index (χ3v) is 8.68. The highest BCUT2D eigenvalue weighted by Gasteiger charge is 2.20. The number of allylic oxidation sites excluding steroid dienone is 1. The maximum atomic E-state index is 9.85. The summed E-state index contributed by atoms with van der Waals surface area (Å²) in [5, 5.41) is 32.1. The second-order valence-electron chi connectivity index (χ2n) is 11.1. The van der Waals surface area contributed by atoms with Crippen molar-refractivity contribution < 1.29 is 0 Å². The molecule has 7 aromatic rings. The number of nitriles is 3. The van der Waals surface area contributed by atoms with Crippen molar-refractivity contribution in [1.82, 2.24) is 9.13 Å². The van der Waals surface area contributed by atoms with Gasteiger partial charge in [-0.05, 0) is 96.8 Å². The van der Waals surface area contributed by atoms with E-state index in [1.54, 1.807) is 0 Å². The van der Waals surface area contributed by atoms with E-state index in [0.29, 0.717) is 16.7 Å². The average molecular weight is 562 g/mol. The number of hydrogen-bond acceptors (Lipinski definition) is 3. The van der Waals surface area contributed by atoms with Crippen molar-refractivity contribution in [3.05, 3.63) is 137 Å². The van der Waals surface area contributed by atoms with Crippen molar-refractivity contribution in [2.75, 3.05) is 0 Å². The highest BCUT2D eigenvalue weighted by molar-refractivity contribution is 6.10. The van der Waals surface area contributed by atoms with Crippen LogP contribution in [0, 0.1) is 34.0 Å². The van der Waals surface area contributed by atoms with Gasteiger partial charge in [-0.2, -0.15) is 15.8 Å². The fraction of sp³-hybridized carbons (Fsp3) is 0.0513. The Bertz CT molecular complexity index is 2470. The van der Waals surface area contributed by atoms with E-state index >= 15 is 0 Å². The van der Waals surface area contributed by atoms with Gasteiger partial charge in [-0.25, -0.2) is 0 Å². The molecule has 0 N–H and O–H groups in total. The number of benzene rings is 5. The molecule has 2 aromatic heterocycles. The van der Waals surface area contributed by atoms with Crippen molar-refractivity contribution in [2.45, 2.75) is 12.8 Å². The minimum absolute atomic E-state index is 0.578. The fourth-order valence-electron chi connectivity index (χ4n) is 6.71. The van der Waals surface area contributed by atoms with Crippen LogP contribution in [0.4, 0.5) is 0 Å². The van der Waals surface area contributed by atoms with Crippen LogP contribution in [-0.2, 0) is 6.42 Å². The third kappa shape index (κ3) is 3.76. The molecule has 0 amide bonds. The van der Waals surface area contributed by atoms with Gasteiger partial charge in [0.05, 0.1) is 57.1 Å². The highest BCUT2D eigenvalue weighted by atomic mass is 15.0. The summed E-state index contributed by atoms with van der Waals surface area (Å²) in [6.07, 6.45) is 6.35. The average Bonchev–Trinajstić information content (AvgIpc) is 3.60. The predicted molar refractivity (Wildman–Crippen MR) is 175 cm³/mol. The van der Waals surface area contributed by atoms with Crippen molar-refractivity contribution in [3.63, 3.8) is 0 Å². The van der Waals surface area contributed by atoms with Gasteiger partial charge in [-0.15, -0.1) is 0 Å². The minimum Gasteiger partial charge on any atom is -0.310 e. The first-order valence-corrected chi connectivity index (χ1v) is 14.5. The lowest BCUT2D eigenvalue weighted by atomic mass is 10.00. The zero-order valence-corrected chi connectivity index (χ0v) is 23.6. The lowest BCUT2D eigenvalue weighted by molar-refractivity contribution is 0.967. The van der Waals surface area contributed by atoms with E-state index in [-0.39, 0.29) is 0 Å². The second-order valence-corrected chi connectivity index (χ2v) is 11.1. The first-order chi connectivity index (χ1) is 21.7. The maximum Gasteiger partial charge on any atom is 0.0992 e. The molecule has 0 spiro atoms. The smallest absolute Gasteiger partial charge is 0.0992 e. The van der Waals surface area contributed by atoms with Crippen molar-refractivity contribution in [2.24, 2.45) is 0 Å².